The van der Waals surface area contributed by atoms with E-state index in [1.165, 1.54) is 0 Å². The van der Waals surface area contributed by atoms with Crippen LogP contribution in [0, 0.1) is 0 Å². The third kappa shape index (κ3) is 1.93. The minimum absolute atomic E-state index is 0.0316. The molecule has 2 rings (SSSR count). The number of hydrogen-bond acceptors (Lipinski definition) is 3. The van der Waals surface area contributed by atoms with Gasteiger partial charge < -0.3 is 9.57 Å². The zero-order valence-electron chi connectivity index (χ0n) is 8.38. The standard InChI is InChI=1S/C10H11Cl2NO2/c1-5-10(13-14-2)9-7(12)3-6(11)4-8(9)15-5/h3-5,10,13H,1-2H3. The van der Waals surface area contributed by atoms with Gasteiger partial charge in [0.15, 0.2) is 0 Å². The summed E-state index contributed by atoms with van der Waals surface area (Å²) in [5, 5.41) is 1.17. The minimum Gasteiger partial charge on any atom is -0.488 e. The van der Waals surface area contributed by atoms with Gasteiger partial charge in [-0.2, -0.15) is 5.48 Å². The van der Waals surface area contributed by atoms with E-state index in [4.69, 9.17) is 32.8 Å². The van der Waals surface area contributed by atoms with E-state index in [2.05, 4.69) is 5.48 Å². The van der Waals surface area contributed by atoms with Gasteiger partial charge in [0.25, 0.3) is 0 Å². The van der Waals surface area contributed by atoms with Crippen LogP contribution in [0.25, 0.3) is 0 Å². The molecule has 1 aliphatic heterocycles. The number of ether oxygens (including phenoxy) is 1. The van der Waals surface area contributed by atoms with Gasteiger partial charge in [-0.15, -0.1) is 0 Å². The van der Waals surface area contributed by atoms with E-state index < -0.39 is 0 Å². The smallest absolute Gasteiger partial charge is 0.127 e. The Labute approximate surface area is 98.2 Å². The van der Waals surface area contributed by atoms with E-state index in [1.807, 2.05) is 6.92 Å². The Bertz CT molecular complexity index is 384. The molecule has 0 amide bonds. The molecular formula is C10H11Cl2NO2. The maximum absolute atomic E-state index is 6.11. The molecule has 1 N–H and O–H groups in total. The molecule has 1 aromatic rings. The molecule has 2 atom stereocenters. The Morgan fingerprint density at radius 3 is 2.80 bits per heavy atom. The fourth-order valence-corrected chi connectivity index (χ4v) is 2.34. The molecule has 0 spiro atoms. The van der Waals surface area contributed by atoms with Gasteiger partial charge in [0.1, 0.15) is 11.9 Å². The third-order valence-corrected chi connectivity index (χ3v) is 2.93. The molecule has 1 aliphatic rings. The summed E-state index contributed by atoms with van der Waals surface area (Å²) < 4.78 is 5.62. The van der Waals surface area contributed by atoms with Crippen LogP contribution in [0.4, 0.5) is 0 Å². The van der Waals surface area contributed by atoms with E-state index in [0.29, 0.717) is 10.0 Å². The molecule has 0 radical (unpaired) electrons. The molecule has 0 fully saturated rings. The Kier molecular flexibility index (Phi) is 3.07. The van der Waals surface area contributed by atoms with Gasteiger partial charge in [-0.05, 0) is 19.1 Å². The van der Waals surface area contributed by atoms with Gasteiger partial charge >= 0.3 is 0 Å². The Morgan fingerprint density at radius 1 is 1.40 bits per heavy atom. The van der Waals surface area contributed by atoms with Gasteiger partial charge in [-0.25, -0.2) is 0 Å². The van der Waals surface area contributed by atoms with E-state index in [-0.39, 0.29) is 12.1 Å². The highest BCUT2D eigenvalue weighted by Crippen LogP contribution is 2.42. The highest BCUT2D eigenvalue weighted by atomic mass is 35.5. The molecule has 1 aromatic carbocycles. The SMILES string of the molecule is CONC1c2c(Cl)cc(Cl)cc2OC1C. The summed E-state index contributed by atoms with van der Waals surface area (Å²) in [4.78, 5) is 4.92. The molecule has 82 valence electrons. The maximum atomic E-state index is 6.11. The zero-order valence-corrected chi connectivity index (χ0v) is 9.89. The molecule has 1 heterocycles. The molecule has 5 heteroatoms. The molecule has 0 saturated heterocycles. The second kappa shape index (κ2) is 4.18. The molecule has 2 unspecified atom stereocenters. The van der Waals surface area contributed by atoms with Crippen molar-refractivity contribution in [3.8, 4) is 5.75 Å². The first-order valence-corrected chi connectivity index (χ1v) is 5.33. The van der Waals surface area contributed by atoms with Crippen molar-refractivity contribution in [3.05, 3.63) is 27.7 Å². The molecular weight excluding hydrogens is 237 g/mol. The molecule has 0 saturated carbocycles. The van der Waals surface area contributed by atoms with Crippen molar-refractivity contribution in [1.29, 1.82) is 0 Å². The second-order valence-corrected chi connectivity index (χ2v) is 4.27. The zero-order chi connectivity index (χ0) is 11.0. The fraction of sp³-hybridized carbons (Fsp3) is 0.400. The lowest BCUT2D eigenvalue weighted by atomic mass is 10.1. The number of fused-ring (bicyclic) bond motifs is 1. The van der Waals surface area contributed by atoms with Gasteiger partial charge in [0.05, 0.1) is 18.2 Å². The van der Waals surface area contributed by atoms with Crippen molar-refractivity contribution in [3.63, 3.8) is 0 Å². The summed E-state index contributed by atoms with van der Waals surface area (Å²) >= 11 is 12.0. The number of hydroxylamine groups is 1. The maximum Gasteiger partial charge on any atom is 0.127 e. The minimum atomic E-state index is -0.0604. The lowest BCUT2D eigenvalue weighted by Crippen LogP contribution is -2.28. The summed E-state index contributed by atoms with van der Waals surface area (Å²) in [6.45, 7) is 1.95. The van der Waals surface area contributed by atoms with Crippen LogP contribution in [0.15, 0.2) is 12.1 Å². The third-order valence-electron chi connectivity index (χ3n) is 2.39. The van der Waals surface area contributed by atoms with Crippen molar-refractivity contribution in [2.45, 2.75) is 19.1 Å². The van der Waals surface area contributed by atoms with E-state index in [0.717, 1.165) is 11.3 Å². The summed E-state index contributed by atoms with van der Waals surface area (Å²) in [5.74, 6) is 0.717. The predicted octanol–water partition coefficient (Wildman–Crippen LogP) is 2.97. The highest BCUT2D eigenvalue weighted by molar-refractivity contribution is 6.35. The fourth-order valence-electron chi connectivity index (χ4n) is 1.75. The molecule has 3 nitrogen and oxygen atoms in total. The average Bonchev–Trinajstić information content (AvgIpc) is 2.43. The van der Waals surface area contributed by atoms with Crippen LogP contribution < -0.4 is 10.2 Å². The van der Waals surface area contributed by atoms with E-state index in [9.17, 15) is 0 Å². The first-order chi connectivity index (χ1) is 7.13. The van der Waals surface area contributed by atoms with Crippen molar-refractivity contribution < 1.29 is 9.57 Å². The van der Waals surface area contributed by atoms with Crippen LogP contribution in [0.1, 0.15) is 18.5 Å². The topological polar surface area (TPSA) is 30.5 Å². The first kappa shape index (κ1) is 11.0. The number of nitrogens with one attached hydrogen (secondary N) is 1. The predicted molar refractivity (Wildman–Crippen MR) is 59.4 cm³/mol. The number of benzene rings is 1. The summed E-state index contributed by atoms with van der Waals surface area (Å²) in [5.41, 5.74) is 3.76. The van der Waals surface area contributed by atoms with Crippen LogP contribution >= 0.6 is 23.2 Å². The van der Waals surface area contributed by atoms with E-state index >= 15 is 0 Å². The summed E-state index contributed by atoms with van der Waals surface area (Å²) in [7, 11) is 1.56. The van der Waals surface area contributed by atoms with Crippen LogP contribution in [0.3, 0.4) is 0 Å². The van der Waals surface area contributed by atoms with Crippen molar-refractivity contribution in [1.82, 2.24) is 5.48 Å². The Hall–Kier alpha value is -0.480. The van der Waals surface area contributed by atoms with Gasteiger partial charge in [-0.1, -0.05) is 23.2 Å². The monoisotopic (exact) mass is 247 g/mol. The largest absolute Gasteiger partial charge is 0.488 e. The van der Waals surface area contributed by atoms with Gasteiger partial charge in [-0.3, -0.25) is 0 Å². The van der Waals surface area contributed by atoms with Gasteiger partial charge in [0.2, 0.25) is 0 Å². The van der Waals surface area contributed by atoms with Gasteiger partial charge in [0, 0.05) is 10.6 Å². The normalized spacial score (nSPS) is 23.7. The first-order valence-electron chi connectivity index (χ1n) is 4.57. The summed E-state index contributed by atoms with van der Waals surface area (Å²) in [6.07, 6.45) is -0.0316. The Balaban J connectivity index is 2.43. The van der Waals surface area contributed by atoms with Crippen LogP contribution in [-0.4, -0.2) is 13.2 Å². The van der Waals surface area contributed by atoms with Crippen LogP contribution in [0.2, 0.25) is 10.0 Å². The van der Waals surface area contributed by atoms with Crippen molar-refractivity contribution in [2.24, 2.45) is 0 Å². The lowest BCUT2D eigenvalue weighted by molar-refractivity contribution is 0.0339. The Morgan fingerprint density at radius 2 is 2.13 bits per heavy atom. The number of hydrogen-bond donors (Lipinski definition) is 1. The van der Waals surface area contributed by atoms with Crippen LogP contribution in [0.5, 0.6) is 5.75 Å². The quantitative estimate of drug-likeness (QED) is 0.816. The van der Waals surface area contributed by atoms with Crippen LogP contribution in [-0.2, 0) is 4.84 Å². The molecule has 0 bridgehead atoms. The number of rotatable bonds is 2. The molecule has 15 heavy (non-hydrogen) atoms. The lowest BCUT2D eigenvalue weighted by Gasteiger charge is -2.15. The molecule has 0 aliphatic carbocycles. The summed E-state index contributed by atoms with van der Waals surface area (Å²) in [6, 6.07) is 3.40. The average molecular weight is 248 g/mol. The second-order valence-electron chi connectivity index (χ2n) is 3.42. The molecule has 0 aromatic heterocycles. The number of halogens is 2. The van der Waals surface area contributed by atoms with Crippen molar-refractivity contribution >= 4 is 23.2 Å². The van der Waals surface area contributed by atoms with Crippen molar-refractivity contribution in [2.75, 3.05) is 7.11 Å². The highest BCUT2D eigenvalue weighted by Gasteiger charge is 2.33. The van der Waals surface area contributed by atoms with E-state index in [1.54, 1.807) is 19.2 Å².